The predicted octanol–water partition coefficient (Wildman–Crippen LogP) is 3.43. The molecule has 0 aromatic carbocycles. The second-order valence-corrected chi connectivity index (χ2v) is 4.75. The normalized spacial score (nSPS) is 34.5. The molecule has 0 aromatic heterocycles. The third-order valence-corrected chi connectivity index (χ3v) is 3.79. The van der Waals surface area contributed by atoms with Crippen LogP contribution in [0.3, 0.4) is 0 Å². The second-order valence-electron chi connectivity index (χ2n) is 4.75. The molecule has 2 fully saturated rings. The molecular weight excluding hydrogens is 190 g/mol. The number of hydrogen-bond donors (Lipinski definition) is 0. The Labute approximate surface area is 90.6 Å². The first kappa shape index (κ1) is 10.8. The third-order valence-electron chi connectivity index (χ3n) is 3.79. The van der Waals surface area contributed by atoms with Gasteiger partial charge in [-0.25, -0.2) is 0 Å². The van der Waals surface area contributed by atoms with Gasteiger partial charge in [0.25, 0.3) is 0 Å². The van der Waals surface area contributed by atoms with Crippen LogP contribution in [0.15, 0.2) is 5.11 Å². The van der Waals surface area contributed by atoms with Crippen molar-refractivity contribution in [2.45, 2.75) is 50.5 Å². The van der Waals surface area contributed by atoms with E-state index in [1.165, 1.54) is 38.5 Å². The van der Waals surface area contributed by atoms with Gasteiger partial charge in [-0.2, -0.15) is 0 Å². The Morgan fingerprint density at radius 1 is 1.40 bits per heavy atom. The molecule has 4 nitrogen and oxygen atoms in total. The zero-order valence-corrected chi connectivity index (χ0v) is 9.19. The summed E-state index contributed by atoms with van der Waals surface area (Å²) >= 11 is 0. The smallest absolute Gasteiger partial charge is 0.0944 e. The Kier molecular flexibility index (Phi) is 3.49. The standard InChI is InChI=1S/C11H19N3O/c12-14-13-8-4-6-10-5-2-1-3-7-11(10)9-15-11/h10H,1-9H2. The summed E-state index contributed by atoms with van der Waals surface area (Å²) in [4.78, 5) is 2.78. The van der Waals surface area contributed by atoms with E-state index in [9.17, 15) is 0 Å². The van der Waals surface area contributed by atoms with Crippen molar-refractivity contribution in [2.75, 3.05) is 13.2 Å². The van der Waals surface area contributed by atoms with E-state index in [-0.39, 0.29) is 5.60 Å². The van der Waals surface area contributed by atoms with Gasteiger partial charge in [-0.1, -0.05) is 24.4 Å². The molecule has 2 unspecified atom stereocenters. The highest BCUT2D eigenvalue weighted by atomic mass is 16.6. The average Bonchev–Trinajstić information content (AvgIpc) is 3.04. The number of hydrogen-bond acceptors (Lipinski definition) is 2. The molecule has 1 saturated carbocycles. The SMILES string of the molecule is [N-]=[N+]=NCCCC1CCCCCC12CO2. The molecule has 84 valence electrons. The van der Waals surface area contributed by atoms with Gasteiger partial charge in [-0.05, 0) is 37.1 Å². The van der Waals surface area contributed by atoms with Crippen LogP contribution in [0.5, 0.6) is 0 Å². The fourth-order valence-corrected chi connectivity index (χ4v) is 2.79. The van der Waals surface area contributed by atoms with Gasteiger partial charge in [0.2, 0.25) is 0 Å². The number of nitrogens with zero attached hydrogens (tertiary/aromatic N) is 3. The summed E-state index contributed by atoms with van der Waals surface area (Å²) in [5, 5.41) is 3.59. The minimum atomic E-state index is 0.243. The molecular formula is C11H19N3O. The van der Waals surface area contributed by atoms with Crippen LogP contribution in [0.25, 0.3) is 10.4 Å². The Hall–Kier alpha value is -0.730. The Bertz CT molecular complexity index is 257. The molecule has 4 heteroatoms. The average molecular weight is 209 g/mol. The van der Waals surface area contributed by atoms with Crippen LogP contribution in [0.4, 0.5) is 0 Å². The highest BCUT2D eigenvalue weighted by Gasteiger charge is 2.50. The van der Waals surface area contributed by atoms with E-state index in [1.54, 1.807) is 0 Å². The fourth-order valence-electron chi connectivity index (χ4n) is 2.79. The lowest BCUT2D eigenvalue weighted by atomic mass is 9.85. The van der Waals surface area contributed by atoms with Crippen LogP contribution < -0.4 is 0 Å². The van der Waals surface area contributed by atoms with E-state index in [1.807, 2.05) is 0 Å². The summed E-state index contributed by atoms with van der Waals surface area (Å²) in [6.45, 7) is 1.61. The molecule has 2 rings (SSSR count). The first-order valence-corrected chi connectivity index (χ1v) is 6.02. The minimum absolute atomic E-state index is 0.243. The first-order chi connectivity index (χ1) is 7.37. The maximum Gasteiger partial charge on any atom is 0.0944 e. The fraction of sp³-hybridized carbons (Fsp3) is 1.00. The summed E-state index contributed by atoms with van der Waals surface area (Å²) in [7, 11) is 0. The topological polar surface area (TPSA) is 61.3 Å². The number of ether oxygens (including phenoxy) is 1. The number of azide groups is 1. The summed E-state index contributed by atoms with van der Waals surface area (Å²) in [5.41, 5.74) is 8.44. The summed E-state index contributed by atoms with van der Waals surface area (Å²) < 4.78 is 5.68. The van der Waals surface area contributed by atoms with Gasteiger partial charge in [-0.3, -0.25) is 0 Å². The third kappa shape index (κ3) is 2.64. The van der Waals surface area contributed by atoms with Crippen molar-refractivity contribution in [1.29, 1.82) is 0 Å². The molecule has 1 heterocycles. The molecule has 0 N–H and O–H groups in total. The zero-order valence-electron chi connectivity index (χ0n) is 9.19. The molecule has 0 amide bonds. The van der Waals surface area contributed by atoms with Crippen molar-refractivity contribution in [2.24, 2.45) is 11.0 Å². The van der Waals surface area contributed by atoms with Crippen molar-refractivity contribution in [1.82, 2.24) is 0 Å². The van der Waals surface area contributed by atoms with E-state index < -0.39 is 0 Å². The molecule has 1 aliphatic heterocycles. The molecule has 1 saturated heterocycles. The minimum Gasteiger partial charge on any atom is -0.369 e. The summed E-state index contributed by atoms with van der Waals surface area (Å²) in [6.07, 6.45) is 8.76. The summed E-state index contributed by atoms with van der Waals surface area (Å²) in [5.74, 6) is 0.717. The van der Waals surface area contributed by atoms with E-state index >= 15 is 0 Å². The lowest BCUT2D eigenvalue weighted by Crippen LogP contribution is -2.23. The van der Waals surface area contributed by atoms with Crippen LogP contribution >= 0.6 is 0 Å². The van der Waals surface area contributed by atoms with Gasteiger partial charge in [0.1, 0.15) is 0 Å². The maximum atomic E-state index is 8.20. The highest BCUT2D eigenvalue weighted by Crippen LogP contribution is 2.46. The predicted molar refractivity (Wildman–Crippen MR) is 58.5 cm³/mol. The molecule has 2 atom stereocenters. The maximum absolute atomic E-state index is 8.20. The molecule has 0 radical (unpaired) electrons. The van der Waals surface area contributed by atoms with Crippen molar-refractivity contribution in [3.8, 4) is 0 Å². The number of epoxide rings is 1. The molecule has 1 aliphatic carbocycles. The van der Waals surface area contributed by atoms with Crippen LogP contribution in [-0.2, 0) is 4.74 Å². The highest BCUT2D eigenvalue weighted by molar-refractivity contribution is 4.99. The van der Waals surface area contributed by atoms with E-state index in [0.717, 1.165) is 13.0 Å². The summed E-state index contributed by atoms with van der Waals surface area (Å²) in [6, 6.07) is 0. The largest absolute Gasteiger partial charge is 0.369 e. The van der Waals surface area contributed by atoms with Crippen molar-refractivity contribution in [3.05, 3.63) is 10.4 Å². The van der Waals surface area contributed by atoms with Crippen LogP contribution in [0, 0.1) is 5.92 Å². The van der Waals surface area contributed by atoms with E-state index in [0.29, 0.717) is 12.5 Å². The van der Waals surface area contributed by atoms with Gasteiger partial charge >= 0.3 is 0 Å². The van der Waals surface area contributed by atoms with Gasteiger partial charge in [-0.15, -0.1) is 0 Å². The Morgan fingerprint density at radius 2 is 2.27 bits per heavy atom. The second kappa shape index (κ2) is 4.86. The monoisotopic (exact) mass is 209 g/mol. The first-order valence-electron chi connectivity index (χ1n) is 6.02. The van der Waals surface area contributed by atoms with E-state index in [4.69, 9.17) is 10.3 Å². The number of rotatable bonds is 4. The Balaban J connectivity index is 1.80. The molecule has 0 aromatic rings. The van der Waals surface area contributed by atoms with Gasteiger partial charge in [0.15, 0.2) is 0 Å². The lowest BCUT2D eigenvalue weighted by Gasteiger charge is -2.20. The van der Waals surface area contributed by atoms with Crippen molar-refractivity contribution in [3.63, 3.8) is 0 Å². The van der Waals surface area contributed by atoms with Gasteiger partial charge < -0.3 is 4.74 Å². The molecule has 15 heavy (non-hydrogen) atoms. The zero-order chi connectivity index (χ0) is 10.6. The lowest BCUT2D eigenvalue weighted by molar-refractivity contribution is 0.193. The molecule has 0 bridgehead atoms. The Morgan fingerprint density at radius 3 is 3.00 bits per heavy atom. The quantitative estimate of drug-likeness (QED) is 0.230. The van der Waals surface area contributed by atoms with Gasteiger partial charge in [0.05, 0.1) is 12.2 Å². The van der Waals surface area contributed by atoms with Crippen LogP contribution in [0.2, 0.25) is 0 Å². The van der Waals surface area contributed by atoms with E-state index in [2.05, 4.69) is 10.0 Å². The van der Waals surface area contributed by atoms with Crippen LogP contribution in [0.1, 0.15) is 44.9 Å². The van der Waals surface area contributed by atoms with Crippen molar-refractivity contribution >= 4 is 0 Å². The van der Waals surface area contributed by atoms with Gasteiger partial charge in [0, 0.05) is 11.5 Å². The molecule has 2 aliphatic rings. The van der Waals surface area contributed by atoms with Crippen LogP contribution in [-0.4, -0.2) is 18.8 Å². The molecule has 1 spiro atoms. The van der Waals surface area contributed by atoms with Crippen molar-refractivity contribution < 1.29 is 4.74 Å².